The maximum Gasteiger partial charge on any atom is 0.114 e. The molecule has 2 nitrogen and oxygen atoms in total. The zero-order valence-electron chi connectivity index (χ0n) is 12.8. The van der Waals surface area contributed by atoms with Gasteiger partial charge in [0.05, 0.1) is 17.1 Å². The summed E-state index contributed by atoms with van der Waals surface area (Å²) in [6.07, 6.45) is 4.22. The van der Waals surface area contributed by atoms with E-state index in [1.165, 1.54) is 33.2 Å². The highest BCUT2D eigenvalue weighted by molar-refractivity contribution is 7.98. The molecule has 0 aliphatic carbocycles. The quantitative estimate of drug-likeness (QED) is 0.640. The van der Waals surface area contributed by atoms with Gasteiger partial charge in [-0.15, -0.1) is 11.8 Å². The van der Waals surface area contributed by atoms with Gasteiger partial charge in [-0.3, -0.25) is 4.57 Å². The fourth-order valence-corrected chi connectivity index (χ4v) is 3.77. The number of nitrogens with zero attached hydrogens (tertiary/aromatic N) is 2. The van der Waals surface area contributed by atoms with Crippen LogP contribution in [-0.2, 0) is 12.8 Å². The fourth-order valence-electron chi connectivity index (χ4n) is 3.30. The molecule has 0 bridgehead atoms. The molecule has 1 aliphatic heterocycles. The number of hydrogen-bond donors (Lipinski definition) is 0. The van der Waals surface area contributed by atoms with Crippen LogP contribution in [0.25, 0.3) is 16.9 Å². The summed E-state index contributed by atoms with van der Waals surface area (Å²) in [6.45, 7) is 2.11. The molecular formula is C19H18N2S. The number of aromatic nitrogens is 2. The smallest absolute Gasteiger partial charge is 0.114 e. The second-order valence-corrected chi connectivity index (χ2v) is 6.54. The van der Waals surface area contributed by atoms with Crippen molar-refractivity contribution >= 4 is 11.8 Å². The molecule has 3 heteroatoms. The Morgan fingerprint density at radius 3 is 2.64 bits per heavy atom. The van der Waals surface area contributed by atoms with Gasteiger partial charge in [-0.25, -0.2) is 4.98 Å². The first kappa shape index (κ1) is 13.6. The number of benzene rings is 2. The zero-order valence-corrected chi connectivity index (χ0v) is 13.7. The van der Waals surface area contributed by atoms with Crippen LogP contribution in [0, 0.1) is 6.92 Å². The molecule has 0 unspecified atom stereocenters. The summed E-state index contributed by atoms with van der Waals surface area (Å²) >= 11 is 1.80. The molecule has 0 spiro atoms. The van der Waals surface area contributed by atoms with E-state index in [9.17, 15) is 0 Å². The molecule has 1 aromatic heterocycles. The van der Waals surface area contributed by atoms with Crippen molar-refractivity contribution in [2.45, 2.75) is 24.7 Å². The van der Waals surface area contributed by atoms with E-state index in [4.69, 9.17) is 4.98 Å². The van der Waals surface area contributed by atoms with E-state index in [0.717, 1.165) is 18.5 Å². The Labute approximate surface area is 135 Å². The van der Waals surface area contributed by atoms with Gasteiger partial charge in [0.15, 0.2) is 0 Å². The fraction of sp³-hybridized carbons (Fsp3) is 0.211. The van der Waals surface area contributed by atoms with E-state index < -0.39 is 0 Å². The molecule has 110 valence electrons. The molecule has 3 aromatic rings. The maximum absolute atomic E-state index is 4.83. The number of hydrogen-bond acceptors (Lipinski definition) is 2. The highest BCUT2D eigenvalue weighted by Crippen LogP contribution is 2.34. The van der Waals surface area contributed by atoms with Gasteiger partial charge in [0.1, 0.15) is 5.82 Å². The molecular weight excluding hydrogens is 288 g/mol. The molecule has 2 heterocycles. The van der Waals surface area contributed by atoms with Gasteiger partial charge in [0, 0.05) is 16.9 Å². The highest BCUT2D eigenvalue weighted by Gasteiger charge is 2.23. The first-order chi connectivity index (χ1) is 10.8. The van der Waals surface area contributed by atoms with Crippen molar-refractivity contribution in [3.63, 3.8) is 0 Å². The molecule has 0 fully saturated rings. The van der Waals surface area contributed by atoms with Crippen LogP contribution >= 0.6 is 11.8 Å². The SMILES string of the molecule is CSc1ccc2c(c1)CCc1nc(C)c(-c3ccccc3)n1-2. The lowest BCUT2D eigenvalue weighted by Gasteiger charge is -2.21. The third-order valence-electron chi connectivity index (χ3n) is 4.31. The predicted octanol–water partition coefficient (Wildman–Crippen LogP) is 4.67. The van der Waals surface area contributed by atoms with Gasteiger partial charge in [-0.1, -0.05) is 30.3 Å². The maximum atomic E-state index is 4.83. The molecule has 0 atom stereocenters. The minimum Gasteiger partial charge on any atom is -0.296 e. The molecule has 0 N–H and O–H groups in total. The van der Waals surface area contributed by atoms with Gasteiger partial charge in [-0.2, -0.15) is 0 Å². The van der Waals surface area contributed by atoms with Gasteiger partial charge in [-0.05, 0) is 43.4 Å². The zero-order chi connectivity index (χ0) is 15.1. The lowest BCUT2D eigenvalue weighted by Crippen LogP contribution is -2.13. The van der Waals surface area contributed by atoms with Crippen molar-refractivity contribution in [2.75, 3.05) is 6.26 Å². The van der Waals surface area contributed by atoms with E-state index in [-0.39, 0.29) is 0 Å². The minimum atomic E-state index is 1.01. The summed E-state index contributed by atoms with van der Waals surface area (Å²) in [4.78, 5) is 6.16. The Morgan fingerprint density at radius 1 is 1.05 bits per heavy atom. The van der Waals surface area contributed by atoms with Crippen molar-refractivity contribution in [1.29, 1.82) is 0 Å². The first-order valence-electron chi connectivity index (χ1n) is 7.59. The van der Waals surface area contributed by atoms with Crippen LogP contribution < -0.4 is 0 Å². The summed E-state index contributed by atoms with van der Waals surface area (Å²) in [6, 6.07) is 17.4. The molecule has 22 heavy (non-hydrogen) atoms. The molecule has 0 saturated heterocycles. The second kappa shape index (κ2) is 5.33. The van der Waals surface area contributed by atoms with E-state index in [2.05, 4.69) is 66.3 Å². The van der Waals surface area contributed by atoms with Gasteiger partial charge >= 0.3 is 0 Å². The van der Waals surface area contributed by atoms with Crippen molar-refractivity contribution in [3.8, 4) is 16.9 Å². The van der Waals surface area contributed by atoms with E-state index >= 15 is 0 Å². The second-order valence-electron chi connectivity index (χ2n) is 5.66. The van der Waals surface area contributed by atoms with Crippen LogP contribution in [0.15, 0.2) is 53.4 Å². The monoisotopic (exact) mass is 306 g/mol. The number of rotatable bonds is 2. The van der Waals surface area contributed by atoms with Gasteiger partial charge < -0.3 is 0 Å². The first-order valence-corrected chi connectivity index (χ1v) is 8.81. The predicted molar refractivity (Wildman–Crippen MR) is 92.9 cm³/mol. The number of fused-ring (bicyclic) bond motifs is 3. The van der Waals surface area contributed by atoms with Crippen LogP contribution in [0.4, 0.5) is 0 Å². The van der Waals surface area contributed by atoms with Crippen molar-refractivity contribution < 1.29 is 0 Å². The van der Waals surface area contributed by atoms with Crippen LogP contribution in [0.2, 0.25) is 0 Å². The number of aryl methyl sites for hydroxylation is 3. The Morgan fingerprint density at radius 2 is 1.86 bits per heavy atom. The van der Waals surface area contributed by atoms with E-state index in [0.29, 0.717) is 0 Å². The summed E-state index contributed by atoms with van der Waals surface area (Å²) in [5, 5.41) is 0. The highest BCUT2D eigenvalue weighted by atomic mass is 32.2. The summed E-state index contributed by atoms with van der Waals surface area (Å²) in [5.41, 5.74) is 6.30. The van der Waals surface area contributed by atoms with Crippen LogP contribution in [0.3, 0.4) is 0 Å². The summed E-state index contributed by atoms with van der Waals surface area (Å²) in [5.74, 6) is 1.18. The summed E-state index contributed by atoms with van der Waals surface area (Å²) < 4.78 is 2.35. The molecule has 0 amide bonds. The molecule has 1 aliphatic rings. The Hall–Kier alpha value is -2.00. The topological polar surface area (TPSA) is 17.8 Å². The van der Waals surface area contributed by atoms with E-state index in [1.807, 2.05) is 0 Å². The van der Waals surface area contributed by atoms with Gasteiger partial charge in [0.25, 0.3) is 0 Å². The molecule has 0 saturated carbocycles. The van der Waals surface area contributed by atoms with E-state index in [1.54, 1.807) is 11.8 Å². The molecule has 0 radical (unpaired) electrons. The Balaban J connectivity index is 1.96. The van der Waals surface area contributed by atoms with Crippen molar-refractivity contribution in [3.05, 3.63) is 65.6 Å². The average molecular weight is 306 g/mol. The third kappa shape index (κ3) is 2.08. The normalized spacial score (nSPS) is 12.8. The lowest BCUT2D eigenvalue weighted by molar-refractivity contribution is 0.777. The Kier molecular flexibility index (Phi) is 3.30. The van der Waals surface area contributed by atoms with Crippen LogP contribution in [0.5, 0.6) is 0 Å². The van der Waals surface area contributed by atoms with Crippen molar-refractivity contribution in [2.24, 2.45) is 0 Å². The number of imidazole rings is 1. The van der Waals surface area contributed by atoms with Gasteiger partial charge in [0.2, 0.25) is 0 Å². The molecule has 4 rings (SSSR count). The van der Waals surface area contributed by atoms with Crippen LogP contribution in [0.1, 0.15) is 17.1 Å². The number of thioether (sulfide) groups is 1. The lowest BCUT2D eigenvalue weighted by atomic mass is 10.0. The third-order valence-corrected chi connectivity index (χ3v) is 5.04. The summed E-state index contributed by atoms with van der Waals surface area (Å²) in [7, 11) is 0. The Bertz CT molecular complexity index is 834. The van der Waals surface area contributed by atoms with Crippen LogP contribution in [-0.4, -0.2) is 15.8 Å². The molecule has 2 aromatic carbocycles. The largest absolute Gasteiger partial charge is 0.296 e. The minimum absolute atomic E-state index is 1.01. The van der Waals surface area contributed by atoms with Crippen molar-refractivity contribution in [1.82, 2.24) is 9.55 Å². The average Bonchev–Trinajstić information content (AvgIpc) is 2.91. The standard InChI is InChI=1S/C19H18N2S/c1-13-19(14-6-4-3-5-7-14)21-17-10-9-16(22-2)12-15(17)8-11-18(21)20-13/h3-7,9-10,12H,8,11H2,1-2H3.